The molecule has 1 amide bonds. The van der Waals surface area contributed by atoms with E-state index in [9.17, 15) is 13.8 Å². The van der Waals surface area contributed by atoms with Gasteiger partial charge in [0.1, 0.15) is 30.0 Å². The van der Waals surface area contributed by atoms with E-state index in [2.05, 4.69) is 20.6 Å². The number of nitrogens with zero attached hydrogens (tertiary/aromatic N) is 3. The molecule has 41 heavy (non-hydrogen) atoms. The van der Waals surface area contributed by atoms with Gasteiger partial charge in [0.2, 0.25) is 5.91 Å². The van der Waals surface area contributed by atoms with Crippen LogP contribution in [0.1, 0.15) is 26.7 Å². The average molecular weight is 606 g/mol. The quantitative estimate of drug-likeness (QED) is 0.146. The molecule has 10 nitrogen and oxygen atoms in total. The van der Waals surface area contributed by atoms with E-state index in [1.165, 1.54) is 24.5 Å². The summed E-state index contributed by atoms with van der Waals surface area (Å²) in [7, 11) is -1.47. The molecule has 4 rings (SSSR count). The van der Waals surface area contributed by atoms with Crippen LogP contribution in [-0.4, -0.2) is 60.5 Å². The third-order valence-electron chi connectivity index (χ3n) is 6.10. The maximum absolute atomic E-state index is 13.6. The fourth-order valence-electron chi connectivity index (χ4n) is 3.98. The van der Waals surface area contributed by atoms with Crippen molar-refractivity contribution < 1.29 is 27.5 Å². The number of nitrogens with one attached hydrogen (secondary N) is 2. The highest BCUT2D eigenvalue weighted by Gasteiger charge is 2.25. The highest BCUT2D eigenvalue weighted by atomic mass is 35.5. The number of anilines is 3. The van der Waals surface area contributed by atoms with E-state index in [4.69, 9.17) is 25.4 Å². The molecule has 2 N–H and O–H groups in total. The maximum Gasteiger partial charge on any atom is 0.344 e. The smallest absolute Gasteiger partial charge is 0.344 e. The minimum absolute atomic E-state index is 0.0203. The molecule has 0 radical (unpaired) electrons. The molecule has 3 aromatic rings. The molecule has 1 saturated carbocycles. The topological polar surface area (TPSA) is 115 Å². The fourth-order valence-corrected chi connectivity index (χ4v) is 5.90. The first kappa shape index (κ1) is 30.9. The molecule has 0 aliphatic heterocycles. The molecule has 1 heterocycles. The third kappa shape index (κ3) is 8.95. The molecule has 0 unspecified atom stereocenters. The Balaban J connectivity index is 1.51. The van der Waals surface area contributed by atoms with Crippen LogP contribution in [0.25, 0.3) is 10.9 Å². The van der Waals surface area contributed by atoms with Gasteiger partial charge in [0.15, 0.2) is 0 Å². The molecule has 0 spiro atoms. The second-order valence-corrected chi connectivity index (χ2v) is 12.0. The van der Waals surface area contributed by atoms with Crippen molar-refractivity contribution in [2.45, 2.75) is 26.7 Å². The normalized spacial score (nSPS) is 13.7. The summed E-state index contributed by atoms with van der Waals surface area (Å²) < 4.78 is 43.1. The van der Waals surface area contributed by atoms with E-state index in [0.717, 1.165) is 12.8 Å². The van der Waals surface area contributed by atoms with Crippen molar-refractivity contribution in [3.8, 4) is 5.75 Å². The number of fused-ring (bicyclic) bond motifs is 1. The lowest BCUT2D eigenvalue weighted by Crippen LogP contribution is -2.22. The van der Waals surface area contributed by atoms with Crippen molar-refractivity contribution >= 4 is 53.2 Å². The lowest BCUT2D eigenvalue weighted by molar-refractivity contribution is -0.111. The minimum Gasteiger partial charge on any atom is -0.491 e. The van der Waals surface area contributed by atoms with Crippen LogP contribution >= 0.6 is 19.2 Å². The van der Waals surface area contributed by atoms with Crippen molar-refractivity contribution in [1.29, 1.82) is 0 Å². The predicted octanol–water partition coefficient (Wildman–Crippen LogP) is 6.60. The van der Waals surface area contributed by atoms with E-state index in [0.29, 0.717) is 52.9 Å². The number of hydrogen-bond acceptors (Lipinski definition) is 9. The number of ether oxygens (including phenoxy) is 1. The zero-order valence-electron chi connectivity index (χ0n) is 23.2. The Morgan fingerprint density at radius 1 is 1.20 bits per heavy atom. The Morgan fingerprint density at radius 2 is 1.95 bits per heavy atom. The zero-order valence-corrected chi connectivity index (χ0v) is 24.9. The number of halogens is 2. The van der Waals surface area contributed by atoms with Crippen LogP contribution in [0.2, 0.25) is 5.02 Å². The predicted molar refractivity (Wildman–Crippen MR) is 159 cm³/mol. The molecule has 1 aliphatic rings. The van der Waals surface area contributed by atoms with Crippen LogP contribution in [0.3, 0.4) is 0 Å². The van der Waals surface area contributed by atoms with Gasteiger partial charge < -0.3 is 24.4 Å². The molecular weight excluding hydrogens is 572 g/mol. The van der Waals surface area contributed by atoms with E-state index in [1.807, 2.05) is 0 Å². The van der Waals surface area contributed by atoms with E-state index in [1.54, 1.807) is 50.1 Å². The summed E-state index contributed by atoms with van der Waals surface area (Å²) in [6, 6.07) is 7.77. The highest BCUT2D eigenvalue weighted by molar-refractivity contribution is 7.53. The summed E-state index contributed by atoms with van der Waals surface area (Å²) in [5, 5.41) is 6.63. The van der Waals surface area contributed by atoms with Crippen molar-refractivity contribution in [3.05, 3.63) is 59.7 Å². The van der Waals surface area contributed by atoms with Crippen LogP contribution < -0.4 is 15.4 Å². The standard InChI is InChI=1S/C28H34ClFN5O5P/c1-4-39-41(37,40-5-2)18-35(3)12-6-7-27(36)34-25-14-21-24(15-26(25)38-16-19-8-9-19)31-17-32-28(21)33-20-10-11-23(30)22(29)13-20/h6-7,10-11,13-15,17,19H,4-5,8-9,12,16,18H2,1-3H3,(H,34,36)(H,31,32,33). The van der Waals surface area contributed by atoms with Gasteiger partial charge in [-0.25, -0.2) is 14.4 Å². The van der Waals surface area contributed by atoms with Gasteiger partial charge in [0.05, 0.1) is 36.0 Å². The van der Waals surface area contributed by atoms with E-state index >= 15 is 0 Å². The minimum atomic E-state index is -3.24. The summed E-state index contributed by atoms with van der Waals surface area (Å²) in [4.78, 5) is 23.4. The first-order valence-electron chi connectivity index (χ1n) is 13.4. The Morgan fingerprint density at radius 3 is 2.63 bits per heavy atom. The molecule has 13 heteroatoms. The number of carbonyl (C=O) groups excluding carboxylic acids is 1. The van der Waals surface area contributed by atoms with Crippen molar-refractivity contribution in [2.24, 2.45) is 5.92 Å². The average Bonchev–Trinajstić information content (AvgIpc) is 3.75. The van der Waals surface area contributed by atoms with Crippen LogP contribution in [0.4, 0.5) is 21.6 Å². The van der Waals surface area contributed by atoms with Crippen LogP contribution in [0.15, 0.2) is 48.8 Å². The van der Waals surface area contributed by atoms with Crippen LogP contribution in [-0.2, 0) is 18.4 Å². The van der Waals surface area contributed by atoms with Crippen LogP contribution in [0, 0.1) is 11.7 Å². The Hall–Kier alpha value is -3.08. The molecule has 0 saturated heterocycles. The van der Waals surface area contributed by atoms with Gasteiger partial charge in [0, 0.05) is 29.8 Å². The van der Waals surface area contributed by atoms with Gasteiger partial charge in [-0.15, -0.1) is 0 Å². The van der Waals surface area contributed by atoms with Gasteiger partial charge in [0.25, 0.3) is 0 Å². The van der Waals surface area contributed by atoms with Crippen molar-refractivity contribution in [1.82, 2.24) is 14.9 Å². The highest BCUT2D eigenvalue weighted by Crippen LogP contribution is 2.48. The lowest BCUT2D eigenvalue weighted by atomic mass is 10.1. The first-order chi connectivity index (χ1) is 19.7. The lowest BCUT2D eigenvalue weighted by Gasteiger charge is -2.22. The maximum atomic E-state index is 13.6. The number of carbonyl (C=O) groups is 1. The van der Waals surface area contributed by atoms with Crippen molar-refractivity contribution in [3.63, 3.8) is 0 Å². The number of benzene rings is 2. The summed E-state index contributed by atoms with van der Waals surface area (Å²) >= 11 is 5.94. The number of rotatable bonds is 15. The molecule has 0 atom stereocenters. The Bertz CT molecular complexity index is 1440. The third-order valence-corrected chi connectivity index (χ3v) is 8.52. The van der Waals surface area contributed by atoms with Crippen molar-refractivity contribution in [2.75, 3.05) is 50.3 Å². The van der Waals surface area contributed by atoms with Gasteiger partial charge in [-0.2, -0.15) is 0 Å². The monoisotopic (exact) mass is 605 g/mol. The molecule has 2 aromatic carbocycles. The number of amides is 1. The van der Waals surface area contributed by atoms with E-state index in [-0.39, 0.29) is 30.4 Å². The summed E-state index contributed by atoms with van der Waals surface area (Å²) in [5.74, 6) is 0.548. The Kier molecular flexibility index (Phi) is 10.7. The molecule has 1 aromatic heterocycles. The summed E-state index contributed by atoms with van der Waals surface area (Å²) in [6.45, 7) is 4.96. The summed E-state index contributed by atoms with van der Waals surface area (Å²) in [6.07, 6.45) is 6.80. The second kappa shape index (κ2) is 14.2. The van der Waals surface area contributed by atoms with Crippen LogP contribution in [0.5, 0.6) is 5.75 Å². The number of likely N-dealkylation sites (N-methyl/N-ethyl adjacent to an activating group) is 1. The SMILES string of the molecule is CCOP(=O)(CN(C)CC=CC(=O)Nc1cc2c(Nc3ccc(F)c(Cl)c3)ncnc2cc1OCC1CC1)OCC. The molecule has 220 valence electrons. The molecule has 0 bridgehead atoms. The Labute approximate surface area is 243 Å². The zero-order chi connectivity index (χ0) is 29.4. The first-order valence-corrected chi connectivity index (χ1v) is 15.5. The molecule has 1 aliphatic carbocycles. The van der Waals surface area contributed by atoms with Gasteiger partial charge >= 0.3 is 7.60 Å². The second-order valence-electron chi connectivity index (χ2n) is 9.61. The molecular formula is C28H34ClFN5O5P. The van der Waals surface area contributed by atoms with E-state index < -0.39 is 13.4 Å². The van der Waals surface area contributed by atoms with Gasteiger partial charge in [-0.05, 0) is 63.9 Å². The summed E-state index contributed by atoms with van der Waals surface area (Å²) in [5.41, 5.74) is 1.60. The number of hydrogen-bond donors (Lipinski definition) is 2. The fraction of sp³-hybridized carbons (Fsp3) is 0.393. The van der Waals surface area contributed by atoms with Gasteiger partial charge in [-0.3, -0.25) is 14.3 Å². The van der Waals surface area contributed by atoms with Gasteiger partial charge in [-0.1, -0.05) is 17.7 Å². The number of aromatic nitrogens is 2. The largest absolute Gasteiger partial charge is 0.491 e. The molecule has 1 fully saturated rings.